The maximum atomic E-state index is 11.7. The van der Waals surface area contributed by atoms with E-state index in [1.165, 1.54) is 0 Å². The predicted octanol–water partition coefficient (Wildman–Crippen LogP) is 1.36. The zero-order valence-corrected chi connectivity index (χ0v) is 12.6. The second kappa shape index (κ2) is 6.69. The van der Waals surface area contributed by atoms with Gasteiger partial charge in [-0.05, 0) is 24.6 Å². The molecule has 1 fully saturated rings. The largest absolute Gasteiger partial charge is 0.378 e. The minimum Gasteiger partial charge on any atom is -0.378 e. The molecule has 0 aromatic heterocycles. The van der Waals surface area contributed by atoms with Crippen molar-refractivity contribution in [2.24, 2.45) is 5.10 Å². The van der Waals surface area contributed by atoms with Crippen LogP contribution in [0.15, 0.2) is 29.4 Å². The van der Waals surface area contributed by atoms with E-state index in [9.17, 15) is 4.79 Å². The number of hydrazone groups is 1. The number of anilines is 1. The van der Waals surface area contributed by atoms with Gasteiger partial charge in [-0.15, -0.1) is 0 Å². The Bertz CT molecular complexity index is 505. The smallest absolute Gasteiger partial charge is 0.245 e. The summed E-state index contributed by atoms with van der Waals surface area (Å²) in [4.78, 5) is 13.8. The Morgan fingerprint density at radius 3 is 2.52 bits per heavy atom. The highest BCUT2D eigenvalue weighted by Crippen LogP contribution is 2.22. The number of nitrogens with zero attached hydrogens (tertiary/aromatic N) is 2. The summed E-state index contributed by atoms with van der Waals surface area (Å²) in [5.41, 5.74) is 4.51. The average molecular weight is 291 g/mol. The SMILES string of the molecule is CN(C)c1ccc(/C=N\NC(=O)CC2(C)OCCO2)cc1. The standard InChI is InChI=1S/C15H21N3O3/c1-15(20-8-9-21-15)10-14(19)17-16-11-12-4-6-13(7-5-12)18(2)3/h4-7,11H,8-10H2,1-3H3,(H,17,19)/b16-11-. The minimum atomic E-state index is -0.826. The monoisotopic (exact) mass is 291 g/mol. The first-order valence-electron chi connectivity index (χ1n) is 6.86. The Balaban J connectivity index is 1.82. The molecule has 0 spiro atoms. The summed E-state index contributed by atoms with van der Waals surface area (Å²) in [5, 5.41) is 3.94. The molecule has 0 atom stereocenters. The van der Waals surface area contributed by atoms with Crippen molar-refractivity contribution < 1.29 is 14.3 Å². The van der Waals surface area contributed by atoms with Crippen LogP contribution in [0.5, 0.6) is 0 Å². The summed E-state index contributed by atoms with van der Waals surface area (Å²) in [6.07, 6.45) is 1.74. The highest BCUT2D eigenvalue weighted by atomic mass is 16.7. The predicted molar refractivity (Wildman–Crippen MR) is 81.4 cm³/mol. The van der Waals surface area contributed by atoms with E-state index >= 15 is 0 Å². The van der Waals surface area contributed by atoms with Crippen molar-refractivity contribution in [2.45, 2.75) is 19.1 Å². The number of carbonyl (C=O) groups is 1. The number of hydrogen-bond acceptors (Lipinski definition) is 5. The Labute approximate surface area is 124 Å². The third-order valence-electron chi connectivity index (χ3n) is 3.19. The second-order valence-corrected chi connectivity index (χ2v) is 5.29. The van der Waals surface area contributed by atoms with Gasteiger partial charge in [0.05, 0.1) is 25.8 Å². The molecule has 21 heavy (non-hydrogen) atoms. The molecule has 2 rings (SSSR count). The lowest BCUT2D eigenvalue weighted by Crippen LogP contribution is -2.33. The fraction of sp³-hybridized carbons (Fsp3) is 0.467. The van der Waals surface area contributed by atoms with E-state index in [2.05, 4.69) is 10.5 Å². The van der Waals surface area contributed by atoms with Gasteiger partial charge in [0, 0.05) is 19.8 Å². The summed E-state index contributed by atoms with van der Waals surface area (Å²) in [6, 6.07) is 7.86. The van der Waals surface area contributed by atoms with Crippen molar-refractivity contribution >= 4 is 17.8 Å². The molecule has 0 aliphatic carbocycles. The van der Waals surface area contributed by atoms with Gasteiger partial charge in [-0.3, -0.25) is 4.79 Å². The number of rotatable bonds is 5. The molecule has 1 aromatic rings. The van der Waals surface area contributed by atoms with Crippen molar-refractivity contribution in [3.05, 3.63) is 29.8 Å². The molecule has 0 radical (unpaired) electrons. The first-order valence-corrected chi connectivity index (χ1v) is 6.86. The maximum absolute atomic E-state index is 11.7. The van der Waals surface area contributed by atoms with Crippen molar-refractivity contribution in [3.8, 4) is 0 Å². The number of hydrogen-bond donors (Lipinski definition) is 1. The molecule has 6 heteroatoms. The molecule has 1 aliphatic rings. The molecular weight excluding hydrogens is 270 g/mol. The number of nitrogens with one attached hydrogen (secondary N) is 1. The van der Waals surface area contributed by atoms with Crippen molar-refractivity contribution in [1.29, 1.82) is 0 Å². The van der Waals surface area contributed by atoms with Crippen LogP contribution in [-0.2, 0) is 14.3 Å². The first-order chi connectivity index (χ1) is 9.98. The highest BCUT2D eigenvalue weighted by Gasteiger charge is 2.33. The van der Waals surface area contributed by atoms with Crippen LogP contribution < -0.4 is 10.3 Å². The summed E-state index contributed by atoms with van der Waals surface area (Å²) < 4.78 is 10.7. The topological polar surface area (TPSA) is 63.2 Å². The number of benzene rings is 1. The molecular formula is C15H21N3O3. The van der Waals surface area contributed by atoms with Crippen molar-refractivity contribution in [2.75, 3.05) is 32.2 Å². The lowest BCUT2D eigenvalue weighted by molar-refractivity contribution is -0.159. The van der Waals surface area contributed by atoms with Gasteiger partial charge in [-0.25, -0.2) is 5.43 Å². The van der Waals surface area contributed by atoms with Gasteiger partial charge in [0.2, 0.25) is 5.91 Å². The Morgan fingerprint density at radius 1 is 1.33 bits per heavy atom. The highest BCUT2D eigenvalue weighted by molar-refractivity contribution is 5.83. The number of carbonyl (C=O) groups excluding carboxylic acids is 1. The molecule has 1 saturated heterocycles. The molecule has 0 saturated carbocycles. The van der Waals surface area contributed by atoms with E-state index in [1.54, 1.807) is 13.1 Å². The van der Waals surface area contributed by atoms with E-state index in [0.29, 0.717) is 13.2 Å². The van der Waals surface area contributed by atoms with Gasteiger partial charge in [-0.2, -0.15) is 5.10 Å². The molecule has 1 aromatic carbocycles. The Hall–Kier alpha value is -1.92. The van der Waals surface area contributed by atoms with Crippen LogP contribution in [0.3, 0.4) is 0 Å². The van der Waals surface area contributed by atoms with E-state index in [-0.39, 0.29) is 12.3 Å². The summed E-state index contributed by atoms with van der Waals surface area (Å²) in [6.45, 7) is 2.79. The molecule has 114 valence electrons. The van der Waals surface area contributed by atoms with Gasteiger partial charge >= 0.3 is 0 Å². The van der Waals surface area contributed by atoms with Crippen LogP contribution in [-0.4, -0.2) is 45.2 Å². The van der Waals surface area contributed by atoms with E-state index in [1.807, 2.05) is 43.3 Å². The molecule has 1 N–H and O–H groups in total. The maximum Gasteiger partial charge on any atom is 0.245 e. The first kappa shape index (κ1) is 15.5. The quantitative estimate of drug-likeness (QED) is 0.657. The van der Waals surface area contributed by atoms with Crippen LogP contribution in [0, 0.1) is 0 Å². The van der Waals surface area contributed by atoms with Crippen LogP contribution in [0.2, 0.25) is 0 Å². The molecule has 1 heterocycles. The fourth-order valence-electron chi connectivity index (χ4n) is 2.03. The second-order valence-electron chi connectivity index (χ2n) is 5.29. The van der Waals surface area contributed by atoms with Crippen LogP contribution in [0.1, 0.15) is 18.9 Å². The zero-order chi connectivity index (χ0) is 15.3. The van der Waals surface area contributed by atoms with Gasteiger partial charge in [-0.1, -0.05) is 12.1 Å². The average Bonchev–Trinajstić information content (AvgIpc) is 2.85. The van der Waals surface area contributed by atoms with Gasteiger partial charge in [0.15, 0.2) is 5.79 Å². The minimum absolute atomic E-state index is 0.129. The molecule has 0 unspecified atom stereocenters. The van der Waals surface area contributed by atoms with E-state index in [4.69, 9.17) is 9.47 Å². The number of amides is 1. The van der Waals surface area contributed by atoms with Gasteiger partial charge < -0.3 is 14.4 Å². The van der Waals surface area contributed by atoms with Gasteiger partial charge in [0.1, 0.15) is 0 Å². The van der Waals surface area contributed by atoms with Crippen LogP contribution in [0.25, 0.3) is 0 Å². The molecule has 0 bridgehead atoms. The fourth-order valence-corrected chi connectivity index (χ4v) is 2.03. The third kappa shape index (κ3) is 4.54. The Morgan fingerprint density at radius 2 is 1.95 bits per heavy atom. The summed E-state index contributed by atoms with van der Waals surface area (Å²) in [7, 11) is 3.97. The summed E-state index contributed by atoms with van der Waals surface area (Å²) >= 11 is 0. The molecule has 1 amide bonds. The zero-order valence-electron chi connectivity index (χ0n) is 12.6. The van der Waals surface area contributed by atoms with Crippen LogP contribution in [0.4, 0.5) is 5.69 Å². The molecule has 1 aliphatic heterocycles. The normalized spacial score (nSPS) is 17.1. The van der Waals surface area contributed by atoms with Crippen molar-refractivity contribution in [1.82, 2.24) is 5.43 Å². The number of ether oxygens (including phenoxy) is 2. The van der Waals surface area contributed by atoms with E-state index < -0.39 is 5.79 Å². The van der Waals surface area contributed by atoms with Crippen LogP contribution >= 0.6 is 0 Å². The molecule has 6 nitrogen and oxygen atoms in total. The summed E-state index contributed by atoms with van der Waals surface area (Å²) in [5.74, 6) is -1.06. The lowest BCUT2D eigenvalue weighted by Gasteiger charge is -2.20. The van der Waals surface area contributed by atoms with Crippen molar-refractivity contribution in [3.63, 3.8) is 0 Å². The Kier molecular flexibility index (Phi) is 4.93. The van der Waals surface area contributed by atoms with Gasteiger partial charge in [0.25, 0.3) is 0 Å². The lowest BCUT2D eigenvalue weighted by atomic mass is 10.2. The van der Waals surface area contributed by atoms with E-state index in [0.717, 1.165) is 11.3 Å². The third-order valence-corrected chi connectivity index (χ3v) is 3.19.